The van der Waals surface area contributed by atoms with E-state index in [1.54, 1.807) is 0 Å². The number of amidine groups is 1. The number of rotatable bonds is 6. The Kier molecular flexibility index (Phi) is 5.11. The van der Waals surface area contributed by atoms with Gasteiger partial charge in [0.25, 0.3) is 0 Å². The molecule has 1 rings (SSSR count). The lowest BCUT2D eigenvalue weighted by Crippen LogP contribution is -2.48. The van der Waals surface area contributed by atoms with E-state index < -0.39 is 5.92 Å². The molecule has 0 heterocycles. The van der Waals surface area contributed by atoms with Crippen LogP contribution in [0.3, 0.4) is 0 Å². The largest absolute Gasteiger partial charge is 0.409 e. The highest BCUT2D eigenvalue weighted by atomic mass is 32.2. The van der Waals surface area contributed by atoms with Crippen LogP contribution in [-0.2, 0) is 4.79 Å². The number of hydrogen-bond acceptors (Lipinski definition) is 4. The van der Waals surface area contributed by atoms with Gasteiger partial charge in [-0.3, -0.25) is 4.79 Å². The summed E-state index contributed by atoms with van der Waals surface area (Å²) >= 11 is 1.81. The van der Waals surface area contributed by atoms with Crippen LogP contribution < -0.4 is 11.1 Å². The fourth-order valence-corrected chi connectivity index (χ4v) is 2.91. The van der Waals surface area contributed by atoms with Crippen LogP contribution in [-0.4, -0.2) is 34.5 Å². The molecular weight excluding hydrogens is 238 g/mol. The van der Waals surface area contributed by atoms with Crippen LogP contribution in [0.25, 0.3) is 0 Å². The molecular formula is C11H21N3O2S. The first kappa shape index (κ1) is 14.2. The second-order valence-corrected chi connectivity index (χ2v) is 5.72. The van der Waals surface area contributed by atoms with Gasteiger partial charge in [0, 0.05) is 11.3 Å². The molecule has 1 fully saturated rings. The van der Waals surface area contributed by atoms with E-state index in [9.17, 15) is 4.79 Å². The van der Waals surface area contributed by atoms with Gasteiger partial charge < -0.3 is 16.3 Å². The predicted molar refractivity (Wildman–Crippen MR) is 70.3 cm³/mol. The highest BCUT2D eigenvalue weighted by Crippen LogP contribution is 2.42. The van der Waals surface area contributed by atoms with Crippen molar-refractivity contribution in [2.75, 3.05) is 12.8 Å². The fraction of sp³-hybridized carbons (Fsp3) is 0.818. The van der Waals surface area contributed by atoms with Gasteiger partial charge in [-0.2, -0.15) is 11.8 Å². The number of nitrogens with two attached hydrogens (primary N) is 1. The molecule has 1 unspecified atom stereocenters. The number of hydrogen-bond donors (Lipinski definition) is 3. The Morgan fingerprint density at radius 2 is 2.29 bits per heavy atom. The van der Waals surface area contributed by atoms with Gasteiger partial charge in [0.15, 0.2) is 5.84 Å². The SMILES string of the molecule is CCC(C(=O)NCC1(SC)CCC1)C(N)=NO. The van der Waals surface area contributed by atoms with Gasteiger partial charge in [-0.1, -0.05) is 18.5 Å². The highest BCUT2D eigenvalue weighted by molar-refractivity contribution is 8.00. The van der Waals surface area contributed by atoms with Crippen molar-refractivity contribution in [2.24, 2.45) is 16.8 Å². The number of carbonyl (C=O) groups is 1. The molecule has 0 saturated heterocycles. The maximum absolute atomic E-state index is 11.9. The number of amides is 1. The Labute approximate surface area is 106 Å². The average Bonchev–Trinajstić information content (AvgIpc) is 2.29. The molecule has 0 aliphatic heterocycles. The molecule has 98 valence electrons. The number of nitrogens with one attached hydrogen (secondary N) is 1. The van der Waals surface area contributed by atoms with E-state index in [1.165, 1.54) is 6.42 Å². The molecule has 4 N–H and O–H groups in total. The van der Waals surface area contributed by atoms with Crippen molar-refractivity contribution in [1.29, 1.82) is 0 Å². The molecule has 1 atom stereocenters. The van der Waals surface area contributed by atoms with Crippen LogP contribution in [0.1, 0.15) is 32.6 Å². The number of carbonyl (C=O) groups excluding carboxylic acids is 1. The first-order valence-electron chi connectivity index (χ1n) is 5.89. The lowest BCUT2D eigenvalue weighted by Gasteiger charge is -2.40. The maximum Gasteiger partial charge on any atom is 0.230 e. The molecule has 17 heavy (non-hydrogen) atoms. The second-order valence-electron chi connectivity index (χ2n) is 4.44. The predicted octanol–water partition coefficient (Wildman–Crippen LogP) is 1.16. The van der Waals surface area contributed by atoms with Gasteiger partial charge in [-0.25, -0.2) is 0 Å². The van der Waals surface area contributed by atoms with Crippen LogP contribution in [0, 0.1) is 5.92 Å². The van der Waals surface area contributed by atoms with Crippen molar-refractivity contribution in [3.8, 4) is 0 Å². The lowest BCUT2D eigenvalue weighted by molar-refractivity contribution is -0.123. The minimum absolute atomic E-state index is 0.0168. The zero-order valence-corrected chi connectivity index (χ0v) is 11.2. The molecule has 0 spiro atoms. The Balaban J connectivity index is 2.48. The highest BCUT2D eigenvalue weighted by Gasteiger charge is 2.36. The van der Waals surface area contributed by atoms with E-state index in [1.807, 2.05) is 18.7 Å². The topological polar surface area (TPSA) is 87.7 Å². The van der Waals surface area contributed by atoms with E-state index in [-0.39, 0.29) is 16.5 Å². The molecule has 0 aromatic heterocycles. The summed E-state index contributed by atoms with van der Waals surface area (Å²) in [6.45, 7) is 2.51. The van der Waals surface area contributed by atoms with E-state index in [2.05, 4.69) is 16.7 Å². The molecule has 6 heteroatoms. The summed E-state index contributed by atoms with van der Waals surface area (Å²) in [6.07, 6.45) is 6.14. The fourth-order valence-electron chi connectivity index (χ4n) is 1.99. The zero-order valence-electron chi connectivity index (χ0n) is 10.4. The quantitative estimate of drug-likeness (QED) is 0.289. The first-order valence-corrected chi connectivity index (χ1v) is 7.11. The maximum atomic E-state index is 11.9. The standard InChI is InChI=1S/C11H21N3O2S/c1-3-8(9(12)14-16)10(15)13-7-11(17-2)5-4-6-11/h8,16H,3-7H2,1-2H3,(H2,12,14)(H,13,15). The van der Waals surface area contributed by atoms with Crippen LogP contribution in [0.15, 0.2) is 5.16 Å². The van der Waals surface area contributed by atoms with E-state index in [4.69, 9.17) is 10.9 Å². The van der Waals surface area contributed by atoms with Gasteiger partial charge in [0.1, 0.15) is 0 Å². The normalized spacial score (nSPS) is 20.5. The number of nitrogens with zero attached hydrogens (tertiary/aromatic N) is 1. The Hall–Kier alpha value is -0.910. The Morgan fingerprint density at radius 1 is 1.65 bits per heavy atom. The minimum Gasteiger partial charge on any atom is -0.409 e. The Bertz CT molecular complexity index is 298. The van der Waals surface area contributed by atoms with Gasteiger partial charge in [-0.15, -0.1) is 0 Å². The number of thioether (sulfide) groups is 1. The van der Waals surface area contributed by atoms with E-state index in [0.29, 0.717) is 13.0 Å². The molecule has 5 nitrogen and oxygen atoms in total. The molecule has 0 aromatic carbocycles. The lowest BCUT2D eigenvalue weighted by atomic mass is 9.84. The summed E-state index contributed by atoms with van der Waals surface area (Å²) in [5, 5.41) is 14.4. The molecule has 1 aliphatic carbocycles. The van der Waals surface area contributed by atoms with Crippen molar-refractivity contribution < 1.29 is 10.0 Å². The first-order chi connectivity index (χ1) is 8.08. The summed E-state index contributed by atoms with van der Waals surface area (Å²) in [6, 6.07) is 0. The molecule has 0 radical (unpaired) electrons. The summed E-state index contributed by atoms with van der Waals surface area (Å²) in [5.41, 5.74) is 5.48. The van der Waals surface area contributed by atoms with Gasteiger partial charge in [0.2, 0.25) is 5.91 Å². The van der Waals surface area contributed by atoms with Gasteiger partial charge in [0.05, 0.1) is 5.92 Å². The van der Waals surface area contributed by atoms with E-state index >= 15 is 0 Å². The average molecular weight is 259 g/mol. The van der Waals surface area contributed by atoms with Crippen LogP contribution in [0.4, 0.5) is 0 Å². The third-order valence-electron chi connectivity index (χ3n) is 3.48. The molecule has 0 bridgehead atoms. The summed E-state index contributed by atoms with van der Waals surface area (Å²) in [4.78, 5) is 11.9. The molecule has 1 aliphatic rings. The van der Waals surface area contributed by atoms with Crippen LogP contribution >= 0.6 is 11.8 Å². The van der Waals surface area contributed by atoms with Crippen molar-refractivity contribution in [2.45, 2.75) is 37.4 Å². The van der Waals surface area contributed by atoms with E-state index in [0.717, 1.165) is 12.8 Å². The number of oxime groups is 1. The Morgan fingerprint density at radius 3 is 2.65 bits per heavy atom. The molecule has 0 aromatic rings. The monoisotopic (exact) mass is 259 g/mol. The third-order valence-corrected chi connectivity index (χ3v) is 4.90. The van der Waals surface area contributed by atoms with Gasteiger partial charge in [-0.05, 0) is 25.5 Å². The smallest absolute Gasteiger partial charge is 0.230 e. The van der Waals surface area contributed by atoms with Crippen molar-refractivity contribution in [3.05, 3.63) is 0 Å². The van der Waals surface area contributed by atoms with Crippen LogP contribution in [0.2, 0.25) is 0 Å². The van der Waals surface area contributed by atoms with Crippen molar-refractivity contribution >= 4 is 23.5 Å². The van der Waals surface area contributed by atoms with Crippen molar-refractivity contribution in [3.63, 3.8) is 0 Å². The molecule has 1 amide bonds. The summed E-state index contributed by atoms with van der Waals surface area (Å²) < 4.78 is 0.207. The summed E-state index contributed by atoms with van der Waals surface area (Å²) in [5.74, 6) is -0.695. The van der Waals surface area contributed by atoms with Gasteiger partial charge >= 0.3 is 0 Å². The summed E-state index contributed by atoms with van der Waals surface area (Å²) in [7, 11) is 0. The third kappa shape index (κ3) is 3.28. The minimum atomic E-state index is -0.529. The second kappa shape index (κ2) is 6.14. The molecule has 1 saturated carbocycles. The van der Waals surface area contributed by atoms with Crippen molar-refractivity contribution in [1.82, 2.24) is 5.32 Å². The van der Waals surface area contributed by atoms with Crippen LogP contribution in [0.5, 0.6) is 0 Å². The zero-order chi connectivity index (χ0) is 12.9.